The van der Waals surface area contributed by atoms with Crippen molar-refractivity contribution in [3.05, 3.63) is 0 Å². The van der Waals surface area contributed by atoms with Crippen LogP contribution in [0.4, 0.5) is 0 Å². The van der Waals surface area contributed by atoms with Crippen molar-refractivity contribution in [1.82, 2.24) is 15.1 Å². The number of piperazine rings is 1. The van der Waals surface area contributed by atoms with Crippen LogP contribution in [0.1, 0.15) is 33.1 Å². The Hall–Kier alpha value is -0.120. The van der Waals surface area contributed by atoms with Gasteiger partial charge in [-0.1, -0.05) is 20.3 Å². The highest BCUT2D eigenvalue weighted by Gasteiger charge is 2.28. The maximum Gasteiger partial charge on any atom is 0.0110 e. The maximum atomic E-state index is 3.42. The van der Waals surface area contributed by atoms with E-state index in [1.165, 1.54) is 71.6 Å². The molecule has 2 heterocycles. The number of likely N-dealkylation sites (tertiary alicyclic amines) is 1. The number of rotatable bonds is 4. The van der Waals surface area contributed by atoms with E-state index in [1.807, 2.05) is 0 Å². The van der Waals surface area contributed by atoms with E-state index < -0.39 is 0 Å². The Morgan fingerprint density at radius 3 is 2.00 bits per heavy atom. The predicted octanol–water partition coefficient (Wildman–Crippen LogP) is 1.40. The summed E-state index contributed by atoms with van der Waals surface area (Å²) in [6.45, 7) is 14.8. The first-order valence-electron chi connectivity index (χ1n) is 7.37. The van der Waals surface area contributed by atoms with Crippen LogP contribution in [0.25, 0.3) is 0 Å². The average molecular weight is 239 g/mol. The number of nitrogens with one attached hydrogen (secondary N) is 1. The lowest BCUT2D eigenvalue weighted by Crippen LogP contribution is -2.47. The van der Waals surface area contributed by atoms with Gasteiger partial charge in [-0.05, 0) is 31.3 Å². The minimum atomic E-state index is 0.631. The van der Waals surface area contributed by atoms with Gasteiger partial charge in [0.1, 0.15) is 0 Å². The van der Waals surface area contributed by atoms with Gasteiger partial charge >= 0.3 is 0 Å². The molecule has 0 amide bonds. The van der Waals surface area contributed by atoms with Gasteiger partial charge in [0.25, 0.3) is 0 Å². The van der Waals surface area contributed by atoms with Crippen LogP contribution in [0, 0.1) is 5.41 Å². The standard InChI is InChI=1S/C14H29N3/c1-3-14(2)4-8-16(9-5-14)12-13-17-10-6-15-7-11-17/h15H,3-13H2,1-2H3. The van der Waals surface area contributed by atoms with Crippen molar-refractivity contribution in [2.24, 2.45) is 5.41 Å². The molecule has 0 unspecified atom stereocenters. The third-order valence-electron chi connectivity index (χ3n) is 4.86. The number of hydrogen-bond donors (Lipinski definition) is 1. The smallest absolute Gasteiger partial charge is 0.0110 e. The monoisotopic (exact) mass is 239 g/mol. The van der Waals surface area contributed by atoms with Crippen LogP contribution in [0.2, 0.25) is 0 Å². The van der Waals surface area contributed by atoms with Crippen molar-refractivity contribution in [3.63, 3.8) is 0 Å². The van der Waals surface area contributed by atoms with E-state index in [1.54, 1.807) is 0 Å². The minimum Gasteiger partial charge on any atom is -0.314 e. The second-order valence-corrected chi connectivity index (χ2v) is 6.10. The van der Waals surface area contributed by atoms with Crippen molar-refractivity contribution in [3.8, 4) is 0 Å². The van der Waals surface area contributed by atoms with E-state index in [0.717, 1.165) is 0 Å². The van der Waals surface area contributed by atoms with E-state index in [0.29, 0.717) is 5.41 Å². The molecule has 0 aromatic rings. The van der Waals surface area contributed by atoms with Crippen LogP contribution in [0.5, 0.6) is 0 Å². The molecule has 2 aliphatic rings. The van der Waals surface area contributed by atoms with Gasteiger partial charge in [0, 0.05) is 39.3 Å². The molecule has 2 rings (SSSR count). The second kappa shape index (κ2) is 6.17. The predicted molar refractivity (Wildman–Crippen MR) is 73.4 cm³/mol. The molecule has 100 valence electrons. The largest absolute Gasteiger partial charge is 0.314 e. The number of hydrogen-bond acceptors (Lipinski definition) is 3. The first kappa shape index (κ1) is 13.3. The van der Waals surface area contributed by atoms with Gasteiger partial charge in [0.05, 0.1) is 0 Å². The minimum absolute atomic E-state index is 0.631. The Balaban J connectivity index is 1.64. The fraction of sp³-hybridized carbons (Fsp3) is 1.00. The molecule has 0 radical (unpaired) electrons. The zero-order chi connectivity index (χ0) is 12.1. The van der Waals surface area contributed by atoms with Gasteiger partial charge in [-0.3, -0.25) is 4.90 Å². The summed E-state index contributed by atoms with van der Waals surface area (Å²) in [5, 5.41) is 3.42. The summed E-state index contributed by atoms with van der Waals surface area (Å²) in [7, 11) is 0. The Morgan fingerprint density at radius 2 is 1.47 bits per heavy atom. The maximum absolute atomic E-state index is 3.42. The lowest BCUT2D eigenvalue weighted by atomic mass is 9.78. The van der Waals surface area contributed by atoms with Crippen LogP contribution in [0.3, 0.4) is 0 Å². The van der Waals surface area contributed by atoms with Gasteiger partial charge in [-0.25, -0.2) is 0 Å². The molecule has 0 aromatic carbocycles. The molecule has 2 aliphatic heterocycles. The fourth-order valence-corrected chi connectivity index (χ4v) is 2.89. The Kier molecular flexibility index (Phi) is 4.83. The molecular formula is C14H29N3. The third-order valence-corrected chi connectivity index (χ3v) is 4.86. The van der Waals surface area contributed by atoms with Crippen LogP contribution < -0.4 is 5.32 Å². The second-order valence-electron chi connectivity index (χ2n) is 6.10. The van der Waals surface area contributed by atoms with Gasteiger partial charge in [0.2, 0.25) is 0 Å². The molecular weight excluding hydrogens is 210 g/mol. The van der Waals surface area contributed by atoms with Crippen LogP contribution in [-0.4, -0.2) is 62.2 Å². The molecule has 17 heavy (non-hydrogen) atoms. The van der Waals surface area contributed by atoms with Crippen molar-refractivity contribution in [1.29, 1.82) is 0 Å². The Morgan fingerprint density at radius 1 is 0.941 bits per heavy atom. The molecule has 0 spiro atoms. The summed E-state index contributed by atoms with van der Waals surface area (Å²) >= 11 is 0. The molecule has 0 aliphatic carbocycles. The lowest BCUT2D eigenvalue weighted by Gasteiger charge is -2.39. The topological polar surface area (TPSA) is 18.5 Å². The van der Waals surface area contributed by atoms with E-state index in [2.05, 4.69) is 29.0 Å². The normalized spacial score (nSPS) is 27.2. The van der Waals surface area contributed by atoms with Crippen molar-refractivity contribution >= 4 is 0 Å². The molecule has 0 saturated carbocycles. The van der Waals surface area contributed by atoms with E-state index in [9.17, 15) is 0 Å². The third kappa shape index (κ3) is 3.94. The van der Waals surface area contributed by atoms with Gasteiger partial charge in [0.15, 0.2) is 0 Å². The molecule has 2 saturated heterocycles. The highest BCUT2D eigenvalue weighted by atomic mass is 15.2. The van der Waals surface area contributed by atoms with E-state index in [4.69, 9.17) is 0 Å². The first-order valence-corrected chi connectivity index (χ1v) is 7.37. The summed E-state index contributed by atoms with van der Waals surface area (Å²) in [6, 6.07) is 0. The van der Waals surface area contributed by atoms with Gasteiger partial charge in [-0.2, -0.15) is 0 Å². The summed E-state index contributed by atoms with van der Waals surface area (Å²) in [4.78, 5) is 5.27. The Bertz CT molecular complexity index is 216. The summed E-state index contributed by atoms with van der Waals surface area (Å²) in [6.07, 6.45) is 4.13. The summed E-state index contributed by atoms with van der Waals surface area (Å²) in [5.41, 5.74) is 0.631. The van der Waals surface area contributed by atoms with E-state index >= 15 is 0 Å². The zero-order valence-electron chi connectivity index (χ0n) is 11.7. The SMILES string of the molecule is CCC1(C)CCN(CCN2CCNCC2)CC1. The molecule has 1 N–H and O–H groups in total. The van der Waals surface area contributed by atoms with Gasteiger partial charge < -0.3 is 10.2 Å². The zero-order valence-corrected chi connectivity index (χ0v) is 11.7. The molecule has 3 heteroatoms. The van der Waals surface area contributed by atoms with Gasteiger partial charge in [-0.15, -0.1) is 0 Å². The lowest BCUT2D eigenvalue weighted by molar-refractivity contribution is 0.101. The molecule has 3 nitrogen and oxygen atoms in total. The highest BCUT2D eigenvalue weighted by molar-refractivity contribution is 4.81. The van der Waals surface area contributed by atoms with Crippen molar-refractivity contribution < 1.29 is 0 Å². The molecule has 2 fully saturated rings. The summed E-state index contributed by atoms with van der Waals surface area (Å²) in [5.74, 6) is 0. The molecule has 0 bridgehead atoms. The summed E-state index contributed by atoms with van der Waals surface area (Å²) < 4.78 is 0. The number of nitrogens with zero attached hydrogens (tertiary/aromatic N) is 2. The number of piperidine rings is 1. The van der Waals surface area contributed by atoms with Crippen molar-refractivity contribution in [2.45, 2.75) is 33.1 Å². The van der Waals surface area contributed by atoms with Crippen LogP contribution in [0.15, 0.2) is 0 Å². The van der Waals surface area contributed by atoms with Crippen LogP contribution in [-0.2, 0) is 0 Å². The average Bonchev–Trinajstić information content (AvgIpc) is 2.39. The van der Waals surface area contributed by atoms with E-state index in [-0.39, 0.29) is 0 Å². The molecule has 0 atom stereocenters. The van der Waals surface area contributed by atoms with Crippen molar-refractivity contribution in [2.75, 3.05) is 52.4 Å². The first-order chi connectivity index (χ1) is 8.22. The molecule has 0 aromatic heterocycles. The fourth-order valence-electron chi connectivity index (χ4n) is 2.89. The Labute approximate surface area is 107 Å². The van der Waals surface area contributed by atoms with Crippen LogP contribution >= 0.6 is 0 Å². The quantitative estimate of drug-likeness (QED) is 0.800. The highest BCUT2D eigenvalue weighted by Crippen LogP contribution is 2.33.